The predicted octanol–water partition coefficient (Wildman–Crippen LogP) is 2.66. The second-order valence-electron chi connectivity index (χ2n) is 5.66. The lowest BCUT2D eigenvalue weighted by atomic mass is 9.93. The zero-order valence-electron chi connectivity index (χ0n) is 12.3. The summed E-state index contributed by atoms with van der Waals surface area (Å²) in [6, 6.07) is 0.509. The first-order chi connectivity index (χ1) is 10.2. The van der Waals surface area contributed by atoms with E-state index in [-0.39, 0.29) is 5.91 Å². The molecule has 1 unspecified atom stereocenters. The quantitative estimate of drug-likeness (QED) is 0.890. The first-order valence-electron chi connectivity index (χ1n) is 7.61. The molecule has 0 bridgehead atoms. The average Bonchev–Trinajstić information content (AvgIpc) is 2.83. The summed E-state index contributed by atoms with van der Waals surface area (Å²) in [5, 5.41) is 4.71. The van der Waals surface area contributed by atoms with E-state index in [1.54, 1.807) is 0 Å². The third-order valence-electron chi connectivity index (χ3n) is 4.16. The molecule has 1 saturated heterocycles. The number of nitrogens with two attached hydrogens (primary N) is 1. The van der Waals surface area contributed by atoms with Gasteiger partial charge >= 0.3 is 0 Å². The van der Waals surface area contributed by atoms with Gasteiger partial charge in [0.25, 0.3) is 5.91 Å². The highest BCUT2D eigenvalue weighted by Crippen LogP contribution is 2.31. The normalized spacial score (nSPS) is 22.9. The summed E-state index contributed by atoms with van der Waals surface area (Å²) in [6.07, 6.45) is 4.74. The maximum atomic E-state index is 12.6. The van der Waals surface area contributed by atoms with Crippen molar-refractivity contribution in [1.29, 1.82) is 0 Å². The van der Waals surface area contributed by atoms with Crippen LogP contribution in [0, 0.1) is 0 Å². The van der Waals surface area contributed by atoms with Crippen LogP contribution in [0.1, 0.15) is 42.3 Å². The van der Waals surface area contributed by atoms with Crippen LogP contribution in [0.15, 0.2) is 0 Å². The van der Waals surface area contributed by atoms with E-state index in [1.165, 1.54) is 30.6 Å². The minimum absolute atomic E-state index is 0.0467. The predicted molar refractivity (Wildman–Crippen MR) is 90.2 cm³/mol. The fourth-order valence-corrected chi connectivity index (χ4v) is 4.68. The maximum Gasteiger partial charge on any atom is 0.267 e. The number of nitrogens with one attached hydrogen (secondary N) is 1. The zero-order chi connectivity index (χ0) is 14.8. The molecule has 2 aliphatic rings. The summed E-state index contributed by atoms with van der Waals surface area (Å²) < 4.78 is 0. The van der Waals surface area contributed by atoms with Gasteiger partial charge in [0.15, 0.2) is 5.13 Å². The van der Waals surface area contributed by atoms with E-state index in [4.69, 9.17) is 5.73 Å². The molecule has 3 rings (SSSR count). The topological polar surface area (TPSA) is 71.2 Å². The molecule has 7 heteroatoms. The van der Waals surface area contributed by atoms with Crippen LogP contribution < -0.4 is 11.1 Å². The molecule has 1 amide bonds. The molecule has 1 aliphatic carbocycles. The van der Waals surface area contributed by atoms with E-state index >= 15 is 0 Å². The average molecular weight is 326 g/mol. The summed E-state index contributed by atoms with van der Waals surface area (Å²) in [5.41, 5.74) is 5.96. The monoisotopic (exact) mass is 326 g/mol. The van der Waals surface area contributed by atoms with Gasteiger partial charge in [0, 0.05) is 30.1 Å². The number of thioether (sulfide) groups is 1. The first kappa shape index (κ1) is 15.0. The van der Waals surface area contributed by atoms with Gasteiger partial charge in [-0.25, -0.2) is 4.98 Å². The molecule has 2 heterocycles. The molecule has 116 valence electrons. The molecule has 1 aromatic heterocycles. The van der Waals surface area contributed by atoms with E-state index in [2.05, 4.69) is 17.2 Å². The number of rotatable bonds is 4. The molecule has 1 saturated carbocycles. The highest BCUT2D eigenvalue weighted by molar-refractivity contribution is 8.00. The zero-order valence-corrected chi connectivity index (χ0v) is 13.9. The lowest BCUT2D eigenvalue weighted by Crippen LogP contribution is -2.41. The lowest BCUT2D eigenvalue weighted by molar-refractivity contribution is 0.0766. The van der Waals surface area contributed by atoms with Crippen LogP contribution in [-0.2, 0) is 0 Å². The molecular formula is C14H22N4OS2. The number of amides is 1. The van der Waals surface area contributed by atoms with Crippen molar-refractivity contribution < 1.29 is 4.79 Å². The van der Waals surface area contributed by atoms with Crippen molar-refractivity contribution in [1.82, 2.24) is 9.88 Å². The van der Waals surface area contributed by atoms with Gasteiger partial charge in [-0.3, -0.25) is 4.79 Å². The number of carbonyl (C=O) groups excluding carboxylic acids is 1. The number of thiazole rings is 1. The van der Waals surface area contributed by atoms with Crippen LogP contribution in [0.3, 0.4) is 0 Å². The molecule has 1 aromatic rings. The number of nitrogen functional groups attached to an aromatic ring is 1. The van der Waals surface area contributed by atoms with E-state index in [9.17, 15) is 4.79 Å². The van der Waals surface area contributed by atoms with Crippen molar-refractivity contribution in [3.63, 3.8) is 0 Å². The minimum atomic E-state index is 0.0467. The summed E-state index contributed by atoms with van der Waals surface area (Å²) in [7, 11) is 0. The molecule has 0 radical (unpaired) electrons. The molecule has 0 spiro atoms. The van der Waals surface area contributed by atoms with Crippen molar-refractivity contribution in [3.8, 4) is 0 Å². The van der Waals surface area contributed by atoms with Crippen LogP contribution in [0.2, 0.25) is 0 Å². The van der Waals surface area contributed by atoms with Crippen LogP contribution >= 0.6 is 23.1 Å². The second kappa shape index (κ2) is 6.44. The number of anilines is 2. The molecule has 2 fully saturated rings. The molecule has 1 aliphatic heterocycles. The molecule has 1 atom stereocenters. The van der Waals surface area contributed by atoms with Crippen LogP contribution in [0.4, 0.5) is 10.9 Å². The van der Waals surface area contributed by atoms with Gasteiger partial charge in [-0.15, -0.1) is 0 Å². The smallest absolute Gasteiger partial charge is 0.267 e. The third kappa shape index (κ3) is 3.29. The van der Waals surface area contributed by atoms with E-state index < -0.39 is 0 Å². The summed E-state index contributed by atoms with van der Waals surface area (Å²) in [5.74, 6) is 1.43. The standard InChI is InChI=1S/C14H22N4OS2/c1-2-10-8-18(6-7-20-10)13(19)11-12(15)17-14(21-11)16-9-4-3-5-9/h9-10H,2-8,15H2,1H3,(H,16,17). The third-order valence-corrected chi connectivity index (χ3v) is 6.52. The van der Waals surface area contributed by atoms with Crippen LogP contribution in [0.5, 0.6) is 0 Å². The van der Waals surface area contributed by atoms with Crippen molar-refractivity contribution in [2.45, 2.75) is 43.9 Å². The fourth-order valence-electron chi connectivity index (χ4n) is 2.57. The van der Waals surface area contributed by atoms with Gasteiger partial charge in [0.2, 0.25) is 0 Å². The highest BCUT2D eigenvalue weighted by atomic mass is 32.2. The maximum absolute atomic E-state index is 12.6. The first-order valence-corrected chi connectivity index (χ1v) is 9.47. The molecule has 5 nitrogen and oxygen atoms in total. The van der Waals surface area contributed by atoms with E-state index in [0.717, 1.165) is 30.4 Å². The minimum Gasteiger partial charge on any atom is -0.382 e. The summed E-state index contributed by atoms with van der Waals surface area (Å²) in [6.45, 7) is 3.80. The summed E-state index contributed by atoms with van der Waals surface area (Å²) >= 11 is 3.36. The molecular weight excluding hydrogens is 304 g/mol. The van der Waals surface area contributed by atoms with E-state index in [1.807, 2.05) is 16.7 Å². The Kier molecular flexibility index (Phi) is 4.59. The summed E-state index contributed by atoms with van der Waals surface area (Å²) in [4.78, 5) is 19.5. The van der Waals surface area contributed by atoms with Gasteiger partial charge in [-0.1, -0.05) is 18.3 Å². The highest BCUT2D eigenvalue weighted by Gasteiger charge is 2.28. The van der Waals surface area contributed by atoms with Gasteiger partial charge in [-0.2, -0.15) is 11.8 Å². The molecule has 21 heavy (non-hydrogen) atoms. The number of aromatic nitrogens is 1. The van der Waals surface area contributed by atoms with Gasteiger partial charge in [-0.05, 0) is 25.7 Å². The largest absolute Gasteiger partial charge is 0.382 e. The number of carbonyl (C=O) groups is 1. The number of hydrogen-bond acceptors (Lipinski definition) is 6. The Morgan fingerprint density at radius 3 is 3.00 bits per heavy atom. The molecule has 0 aromatic carbocycles. The van der Waals surface area contributed by atoms with Crippen molar-refractivity contribution in [2.24, 2.45) is 0 Å². The fraction of sp³-hybridized carbons (Fsp3) is 0.714. The number of hydrogen-bond donors (Lipinski definition) is 2. The van der Waals surface area contributed by atoms with Gasteiger partial charge in [0.05, 0.1) is 0 Å². The Hall–Kier alpha value is -0.950. The Labute approximate surface area is 133 Å². The van der Waals surface area contributed by atoms with Crippen molar-refractivity contribution >= 4 is 40.0 Å². The van der Waals surface area contributed by atoms with Gasteiger partial charge in [0.1, 0.15) is 10.7 Å². The SMILES string of the molecule is CCC1CN(C(=O)c2sc(NC3CCC3)nc2N)CCS1. The Morgan fingerprint density at radius 1 is 1.52 bits per heavy atom. The van der Waals surface area contributed by atoms with Crippen molar-refractivity contribution in [2.75, 3.05) is 29.9 Å². The second-order valence-corrected chi connectivity index (χ2v) is 8.07. The lowest BCUT2D eigenvalue weighted by Gasteiger charge is -2.31. The Morgan fingerprint density at radius 2 is 2.33 bits per heavy atom. The Bertz CT molecular complexity index is 515. The van der Waals surface area contributed by atoms with Crippen LogP contribution in [-0.4, -0.2) is 45.9 Å². The van der Waals surface area contributed by atoms with E-state index in [0.29, 0.717) is 22.0 Å². The Balaban J connectivity index is 1.68. The van der Waals surface area contributed by atoms with Gasteiger partial charge < -0.3 is 16.0 Å². The van der Waals surface area contributed by atoms with Crippen molar-refractivity contribution in [3.05, 3.63) is 4.88 Å². The van der Waals surface area contributed by atoms with Crippen LogP contribution in [0.25, 0.3) is 0 Å². The molecule has 3 N–H and O–H groups in total. The number of nitrogens with zero attached hydrogens (tertiary/aromatic N) is 2.